The fourth-order valence-corrected chi connectivity index (χ4v) is 6.25. The number of furan rings is 1. The van der Waals surface area contributed by atoms with Crippen LogP contribution in [0.5, 0.6) is 5.75 Å². The number of phenolic OH excluding ortho intramolecular Hbond substituents is 1. The van der Waals surface area contributed by atoms with E-state index in [1.807, 2.05) is 78.9 Å². The molecule has 0 bridgehead atoms. The summed E-state index contributed by atoms with van der Waals surface area (Å²) in [4.78, 5) is 9.90. The Hall–Kier alpha value is -5.50. The zero-order valence-corrected chi connectivity index (χ0v) is 28.7. The third kappa shape index (κ3) is 5.17. The van der Waals surface area contributed by atoms with E-state index in [0.29, 0.717) is 33.8 Å². The minimum absolute atomic E-state index is 0. The van der Waals surface area contributed by atoms with Crippen LogP contribution in [0.1, 0.15) is 31.9 Å². The van der Waals surface area contributed by atoms with Crippen molar-refractivity contribution in [1.82, 2.24) is 14.5 Å². The maximum absolute atomic E-state index is 11.2. The van der Waals surface area contributed by atoms with Gasteiger partial charge in [-0.1, -0.05) is 92.6 Å². The Kier molecular flexibility index (Phi) is 7.74. The molecule has 0 aliphatic carbocycles. The molecule has 236 valence electrons. The number of hydrogen-bond acceptors (Lipinski definition) is 5. The Morgan fingerprint density at radius 3 is 2.42 bits per heavy atom. The fraction of sp³-hybridized carbons (Fsp3) is 0.0976. The quantitative estimate of drug-likeness (QED) is 0.179. The topological polar surface area (TPSA) is 87.9 Å². The number of benzene rings is 5. The number of imidazole rings is 1. The summed E-state index contributed by atoms with van der Waals surface area (Å²) in [6.07, 6.45) is 1.63. The van der Waals surface area contributed by atoms with Crippen LogP contribution in [0.25, 0.3) is 72.4 Å². The third-order valence-electron chi connectivity index (χ3n) is 8.65. The molecule has 5 aromatic carbocycles. The van der Waals surface area contributed by atoms with Crippen LogP contribution in [0, 0.1) is 17.4 Å². The van der Waals surface area contributed by atoms with Gasteiger partial charge in [-0.15, -0.1) is 17.7 Å². The molecule has 3 aromatic heterocycles. The van der Waals surface area contributed by atoms with Gasteiger partial charge in [0.15, 0.2) is 0 Å². The van der Waals surface area contributed by atoms with Gasteiger partial charge in [0.25, 0.3) is 0 Å². The van der Waals surface area contributed by atoms with E-state index in [2.05, 4.69) is 54.6 Å². The molecule has 0 atom stereocenters. The molecule has 0 amide bonds. The molecule has 8 aromatic rings. The molecule has 0 saturated carbocycles. The summed E-state index contributed by atoms with van der Waals surface area (Å²) in [7, 11) is 0. The van der Waals surface area contributed by atoms with Crippen molar-refractivity contribution < 1.29 is 30.6 Å². The average Bonchev–Trinajstić information content (AvgIpc) is 3.67. The van der Waals surface area contributed by atoms with Gasteiger partial charge in [-0.05, 0) is 58.8 Å². The zero-order valence-electron chi connectivity index (χ0n) is 26.4. The molecule has 3 heterocycles. The van der Waals surface area contributed by atoms with Crippen molar-refractivity contribution in [2.75, 3.05) is 0 Å². The molecule has 0 aliphatic heterocycles. The van der Waals surface area contributed by atoms with Gasteiger partial charge < -0.3 is 9.52 Å². The summed E-state index contributed by atoms with van der Waals surface area (Å²) in [6.45, 7) is 6.48. The number of nitrogens with zero attached hydrogens (tertiary/aromatic N) is 4. The van der Waals surface area contributed by atoms with E-state index in [1.165, 1.54) is 0 Å². The Morgan fingerprint density at radius 2 is 1.62 bits per heavy atom. The summed E-state index contributed by atoms with van der Waals surface area (Å²) >= 11 is 0. The second-order valence-electron chi connectivity index (χ2n) is 12.7. The Bertz CT molecular complexity index is 2540. The van der Waals surface area contributed by atoms with E-state index in [0.717, 1.165) is 49.8 Å². The van der Waals surface area contributed by atoms with E-state index in [-0.39, 0.29) is 32.2 Å². The second-order valence-corrected chi connectivity index (χ2v) is 12.7. The summed E-state index contributed by atoms with van der Waals surface area (Å²) < 4.78 is 8.48. The van der Waals surface area contributed by atoms with Gasteiger partial charge in [-0.25, -0.2) is 4.98 Å². The molecule has 0 saturated heterocycles. The summed E-state index contributed by atoms with van der Waals surface area (Å²) in [6, 6.07) is 41.3. The average molecular weight is 805 g/mol. The maximum atomic E-state index is 11.2. The Balaban J connectivity index is 0.00000364. The molecule has 0 spiro atoms. The fourth-order valence-electron chi connectivity index (χ4n) is 6.25. The number of rotatable bonds is 4. The van der Waals surface area contributed by atoms with Crippen LogP contribution in [-0.2, 0) is 26.5 Å². The smallest absolute Gasteiger partial charge is 0.148 e. The van der Waals surface area contributed by atoms with E-state index < -0.39 is 0 Å². The Morgan fingerprint density at radius 1 is 0.833 bits per heavy atom. The van der Waals surface area contributed by atoms with Gasteiger partial charge in [0.05, 0.1) is 28.2 Å². The normalized spacial score (nSPS) is 11.5. The van der Waals surface area contributed by atoms with E-state index in [4.69, 9.17) is 9.40 Å². The van der Waals surface area contributed by atoms with E-state index in [1.54, 1.807) is 24.4 Å². The predicted octanol–water partition coefficient (Wildman–Crippen LogP) is 9.99. The number of aromatic nitrogens is 3. The number of phenols is 1. The predicted molar refractivity (Wildman–Crippen MR) is 186 cm³/mol. The largest absolute Gasteiger partial charge is 0.507 e. The van der Waals surface area contributed by atoms with Crippen LogP contribution in [-0.4, -0.2) is 19.6 Å². The molecule has 0 aliphatic rings. The molecular formula is C41H29N4O2Pt-. The number of fused-ring (bicyclic) bond motifs is 4. The van der Waals surface area contributed by atoms with Crippen molar-refractivity contribution in [1.29, 1.82) is 5.26 Å². The molecule has 48 heavy (non-hydrogen) atoms. The van der Waals surface area contributed by atoms with Crippen molar-refractivity contribution in [3.05, 3.63) is 133 Å². The number of nitriles is 1. The molecule has 6 nitrogen and oxygen atoms in total. The molecule has 0 fully saturated rings. The molecule has 8 rings (SSSR count). The SMILES string of the molecule is CC(C)(C)c1ccc(O)c(-c2nc3c(-c4[c-]c(-c5cc(C#N)ccn5)c5oc6ccccc6c5c4)cccc3n2-c2ccccc2)c1.[Pt]. The van der Waals surface area contributed by atoms with Crippen LogP contribution < -0.4 is 0 Å². The molecular weight excluding hydrogens is 776 g/mol. The van der Waals surface area contributed by atoms with Crippen LogP contribution in [0.15, 0.2) is 120 Å². The second kappa shape index (κ2) is 11.9. The van der Waals surface area contributed by atoms with Crippen molar-refractivity contribution in [2.24, 2.45) is 0 Å². The van der Waals surface area contributed by atoms with Crippen molar-refractivity contribution in [2.45, 2.75) is 26.2 Å². The summed E-state index contributed by atoms with van der Waals surface area (Å²) in [5, 5.41) is 22.8. The first kappa shape index (κ1) is 31.1. The van der Waals surface area contributed by atoms with Crippen LogP contribution in [0.3, 0.4) is 0 Å². The standard InChI is InChI=1S/C41H29N4O2.Pt/c1-41(2,3)27-16-17-36(46)33(23-27)40-44-38-29(13-9-14-35(38)45(40)28-10-5-4-6-11-28)26-21-31-30-12-7-8-15-37(30)47-39(31)32(22-26)34-20-25(24-42)18-19-43-34;/h4-21,23,46H,1-3H3;/q-1;. The van der Waals surface area contributed by atoms with Crippen LogP contribution >= 0.6 is 0 Å². The molecule has 0 radical (unpaired) electrons. The van der Waals surface area contributed by atoms with E-state index >= 15 is 0 Å². The molecule has 1 N–H and O–H groups in total. The number of aromatic hydroxyl groups is 1. The summed E-state index contributed by atoms with van der Waals surface area (Å²) in [5.74, 6) is 0.802. The first-order valence-electron chi connectivity index (χ1n) is 15.5. The first-order chi connectivity index (χ1) is 22.8. The third-order valence-corrected chi connectivity index (χ3v) is 8.65. The minimum atomic E-state index is -0.123. The minimum Gasteiger partial charge on any atom is -0.507 e. The van der Waals surface area contributed by atoms with Crippen molar-refractivity contribution in [3.63, 3.8) is 0 Å². The Labute approximate surface area is 292 Å². The van der Waals surface area contributed by atoms with E-state index in [9.17, 15) is 10.4 Å². The zero-order chi connectivity index (χ0) is 32.3. The van der Waals surface area contributed by atoms with Crippen molar-refractivity contribution in [3.8, 4) is 51.3 Å². The van der Waals surface area contributed by atoms with Crippen LogP contribution in [0.4, 0.5) is 0 Å². The number of para-hydroxylation sites is 3. The van der Waals surface area contributed by atoms with Gasteiger partial charge in [0, 0.05) is 49.6 Å². The number of hydrogen-bond donors (Lipinski definition) is 1. The van der Waals surface area contributed by atoms with Crippen molar-refractivity contribution >= 4 is 33.0 Å². The number of pyridine rings is 1. The van der Waals surface area contributed by atoms with Gasteiger partial charge in [0.1, 0.15) is 17.2 Å². The van der Waals surface area contributed by atoms with Crippen LogP contribution in [0.2, 0.25) is 0 Å². The maximum Gasteiger partial charge on any atom is 0.148 e. The first-order valence-corrected chi connectivity index (χ1v) is 15.5. The molecule has 0 unspecified atom stereocenters. The van der Waals surface area contributed by atoms with Gasteiger partial charge >= 0.3 is 0 Å². The summed E-state index contributed by atoms with van der Waals surface area (Å²) in [5.41, 5.74) is 9.08. The van der Waals surface area contributed by atoms with Gasteiger partial charge in [-0.3, -0.25) is 9.55 Å². The monoisotopic (exact) mass is 804 g/mol. The molecule has 7 heteroatoms. The van der Waals surface area contributed by atoms with Gasteiger partial charge in [-0.2, -0.15) is 5.26 Å². The van der Waals surface area contributed by atoms with Gasteiger partial charge in [0.2, 0.25) is 0 Å².